The molecule has 6 nitrogen and oxygen atoms in total. The minimum absolute atomic E-state index is 0.155. The first-order chi connectivity index (χ1) is 7.84. The van der Waals surface area contributed by atoms with Crippen LogP contribution in [0.1, 0.15) is 19.4 Å². The molecule has 0 radical (unpaired) electrons. The number of aryl methyl sites for hydroxylation is 1. The van der Waals surface area contributed by atoms with Crippen LogP contribution in [0.25, 0.3) is 0 Å². The molecule has 1 rings (SSSR count). The van der Waals surface area contributed by atoms with E-state index in [4.69, 9.17) is 0 Å². The van der Waals surface area contributed by atoms with E-state index in [1.165, 1.54) is 32.0 Å². The van der Waals surface area contributed by atoms with Crippen molar-refractivity contribution in [1.29, 1.82) is 0 Å². The van der Waals surface area contributed by atoms with Gasteiger partial charge in [-0.3, -0.25) is 24.6 Å². The Kier molecular flexibility index (Phi) is 3.57. The number of nitro groups is 1. The third-order valence-corrected chi connectivity index (χ3v) is 2.27. The first-order valence-electron chi connectivity index (χ1n) is 4.91. The van der Waals surface area contributed by atoms with Crippen molar-refractivity contribution in [3.63, 3.8) is 0 Å². The van der Waals surface area contributed by atoms with Crippen LogP contribution in [0.2, 0.25) is 0 Å². The average Bonchev–Trinajstić information content (AvgIpc) is 2.19. The van der Waals surface area contributed by atoms with Gasteiger partial charge in [0, 0.05) is 26.0 Å². The smallest absolute Gasteiger partial charge is 0.271 e. The molecule has 0 saturated heterocycles. The summed E-state index contributed by atoms with van der Waals surface area (Å²) in [5.74, 6) is -0.942. The number of carbonyl (C=O) groups excluding carboxylic acids is 2. The Bertz CT molecular complexity index is 482. The van der Waals surface area contributed by atoms with Crippen molar-refractivity contribution in [2.24, 2.45) is 0 Å². The molecule has 0 aliphatic carbocycles. The number of hydrogen-bond donors (Lipinski definition) is 0. The van der Waals surface area contributed by atoms with Gasteiger partial charge in [0.15, 0.2) is 0 Å². The number of anilines is 1. The molecule has 17 heavy (non-hydrogen) atoms. The molecule has 0 aliphatic heterocycles. The lowest BCUT2D eigenvalue weighted by atomic mass is 10.1. The fraction of sp³-hybridized carbons (Fsp3) is 0.273. The highest BCUT2D eigenvalue weighted by Crippen LogP contribution is 2.25. The van der Waals surface area contributed by atoms with E-state index >= 15 is 0 Å². The first kappa shape index (κ1) is 12.8. The Morgan fingerprint density at radius 2 is 1.76 bits per heavy atom. The number of benzene rings is 1. The summed E-state index contributed by atoms with van der Waals surface area (Å²) < 4.78 is 0. The van der Waals surface area contributed by atoms with Gasteiger partial charge in [0.2, 0.25) is 11.8 Å². The van der Waals surface area contributed by atoms with Gasteiger partial charge in [-0.25, -0.2) is 0 Å². The number of non-ortho nitro benzene ring substituents is 1. The molecule has 0 bridgehead atoms. The molecule has 1 aromatic rings. The highest BCUT2D eigenvalue weighted by molar-refractivity contribution is 6.13. The normalized spacial score (nSPS) is 9.82. The molecule has 0 fully saturated rings. The molecule has 90 valence electrons. The van der Waals surface area contributed by atoms with Gasteiger partial charge in [-0.15, -0.1) is 0 Å². The zero-order chi connectivity index (χ0) is 13.2. The highest BCUT2D eigenvalue weighted by atomic mass is 16.6. The van der Waals surface area contributed by atoms with Gasteiger partial charge in [-0.2, -0.15) is 0 Å². The van der Waals surface area contributed by atoms with Crippen LogP contribution < -0.4 is 4.90 Å². The van der Waals surface area contributed by atoms with Crippen LogP contribution in [0.3, 0.4) is 0 Å². The molecule has 0 aliphatic rings. The first-order valence-corrected chi connectivity index (χ1v) is 4.91. The summed E-state index contributed by atoms with van der Waals surface area (Å²) in [6.07, 6.45) is 0. The third kappa shape index (κ3) is 2.66. The van der Waals surface area contributed by atoms with E-state index in [1.807, 2.05) is 0 Å². The lowest BCUT2D eigenvalue weighted by Gasteiger charge is -2.18. The summed E-state index contributed by atoms with van der Waals surface area (Å²) in [6, 6.07) is 4.06. The maximum absolute atomic E-state index is 11.4. The van der Waals surface area contributed by atoms with Gasteiger partial charge in [0.05, 0.1) is 10.6 Å². The summed E-state index contributed by atoms with van der Waals surface area (Å²) in [6.45, 7) is 4.15. The molecule has 0 heterocycles. The van der Waals surface area contributed by atoms with Crippen molar-refractivity contribution in [2.75, 3.05) is 4.90 Å². The SMILES string of the molecule is CC(=O)N(C(C)=O)c1cc([N+](=O)[O-])ccc1C. The molecule has 1 aromatic carbocycles. The number of amides is 2. The van der Waals surface area contributed by atoms with E-state index in [-0.39, 0.29) is 11.4 Å². The largest absolute Gasteiger partial charge is 0.274 e. The van der Waals surface area contributed by atoms with Crippen molar-refractivity contribution in [3.8, 4) is 0 Å². The number of imide groups is 1. The Hall–Kier alpha value is -2.24. The molecular weight excluding hydrogens is 224 g/mol. The number of carbonyl (C=O) groups is 2. The summed E-state index contributed by atoms with van der Waals surface area (Å²) in [5, 5.41) is 10.6. The van der Waals surface area contributed by atoms with E-state index in [2.05, 4.69) is 0 Å². The van der Waals surface area contributed by atoms with Crippen molar-refractivity contribution >= 4 is 23.2 Å². The maximum Gasteiger partial charge on any atom is 0.271 e. The van der Waals surface area contributed by atoms with Crippen LogP contribution in [0.15, 0.2) is 18.2 Å². The predicted octanol–water partition coefficient (Wildman–Crippen LogP) is 1.80. The minimum atomic E-state index is -0.568. The lowest BCUT2D eigenvalue weighted by Crippen LogP contribution is -2.33. The molecule has 2 amide bonds. The number of rotatable bonds is 2. The second-order valence-electron chi connectivity index (χ2n) is 3.60. The van der Waals surface area contributed by atoms with E-state index in [0.717, 1.165) is 4.90 Å². The van der Waals surface area contributed by atoms with E-state index in [1.54, 1.807) is 6.92 Å². The summed E-state index contributed by atoms with van der Waals surface area (Å²) >= 11 is 0. The lowest BCUT2D eigenvalue weighted by molar-refractivity contribution is -0.384. The number of hydrogen-bond acceptors (Lipinski definition) is 4. The van der Waals surface area contributed by atoms with E-state index in [0.29, 0.717) is 5.56 Å². The second kappa shape index (κ2) is 4.73. The third-order valence-electron chi connectivity index (χ3n) is 2.27. The van der Waals surface area contributed by atoms with Crippen LogP contribution in [0.5, 0.6) is 0 Å². The molecule has 0 N–H and O–H groups in total. The van der Waals surface area contributed by atoms with Gasteiger partial charge >= 0.3 is 0 Å². The van der Waals surface area contributed by atoms with Gasteiger partial charge in [0.1, 0.15) is 0 Å². The van der Waals surface area contributed by atoms with Crippen molar-refractivity contribution in [2.45, 2.75) is 20.8 Å². The molecule has 6 heteroatoms. The van der Waals surface area contributed by atoms with E-state index in [9.17, 15) is 19.7 Å². The standard InChI is InChI=1S/C11H12N2O4/c1-7-4-5-10(13(16)17)6-11(7)12(8(2)14)9(3)15/h4-6H,1-3H3. The molecule has 0 spiro atoms. The topological polar surface area (TPSA) is 80.5 Å². The Labute approximate surface area is 98.0 Å². The molecule has 0 aromatic heterocycles. The Morgan fingerprint density at radius 1 is 1.24 bits per heavy atom. The fourth-order valence-corrected chi connectivity index (χ4v) is 1.51. The van der Waals surface area contributed by atoms with Gasteiger partial charge in [-0.1, -0.05) is 6.07 Å². The second-order valence-corrected chi connectivity index (χ2v) is 3.60. The summed E-state index contributed by atoms with van der Waals surface area (Å²) in [4.78, 5) is 33.7. The van der Waals surface area contributed by atoms with Crippen LogP contribution in [0.4, 0.5) is 11.4 Å². The number of nitro benzene ring substituents is 1. The van der Waals surface area contributed by atoms with Crippen LogP contribution >= 0.6 is 0 Å². The van der Waals surface area contributed by atoms with Crippen molar-refractivity contribution in [1.82, 2.24) is 0 Å². The van der Waals surface area contributed by atoms with Crippen molar-refractivity contribution in [3.05, 3.63) is 33.9 Å². The number of nitrogens with zero attached hydrogens (tertiary/aromatic N) is 2. The molecular formula is C11H12N2O4. The zero-order valence-corrected chi connectivity index (χ0v) is 9.76. The van der Waals surface area contributed by atoms with Gasteiger partial charge < -0.3 is 0 Å². The quantitative estimate of drug-likeness (QED) is 0.579. The summed E-state index contributed by atoms with van der Waals surface area (Å²) in [5.41, 5.74) is 0.721. The van der Waals surface area contributed by atoms with Crippen LogP contribution in [-0.4, -0.2) is 16.7 Å². The molecule has 0 unspecified atom stereocenters. The molecule has 0 atom stereocenters. The van der Waals surface area contributed by atoms with Crippen LogP contribution in [0, 0.1) is 17.0 Å². The fourth-order valence-electron chi connectivity index (χ4n) is 1.51. The minimum Gasteiger partial charge on any atom is -0.274 e. The predicted molar refractivity (Wildman–Crippen MR) is 61.7 cm³/mol. The van der Waals surface area contributed by atoms with Gasteiger partial charge in [-0.05, 0) is 12.5 Å². The van der Waals surface area contributed by atoms with Crippen molar-refractivity contribution < 1.29 is 14.5 Å². The van der Waals surface area contributed by atoms with E-state index < -0.39 is 16.7 Å². The maximum atomic E-state index is 11.4. The Morgan fingerprint density at radius 3 is 2.18 bits per heavy atom. The highest BCUT2D eigenvalue weighted by Gasteiger charge is 2.20. The zero-order valence-electron chi connectivity index (χ0n) is 9.76. The molecule has 0 saturated carbocycles. The Balaban J connectivity index is 3.36. The van der Waals surface area contributed by atoms with Gasteiger partial charge in [0.25, 0.3) is 5.69 Å². The summed E-state index contributed by atoms with van der Waals surface area (Å²) in [7, 11) is 0. The van der Waals surface area contributed by atoms with Crippen LogP contribution in [-0.2, 0) is 9.59 Å². The monoisotopic (exact) mass is 236 g/mol. The average molecular weight is 236 g/mol.